The summed E-state index contributed by atoms with van der Waals surface area (Å²) < 4.78 is 1.94. The minimum absolute atomic E-state index is 0. The van der Waals surface area contributed by atoms with E-state index in [-0.39, 0.29) is 30.0 Å². The van der Waals surface area contributed by atoms with Crippen LogP contribution in [-0.2, 0) is 20.0 Å². The van der Waals surface area contributed by atoms with Crippen molar-refractivity contribution in [2.75, 3.05) is 7.05 Å². The van der Waals surface area contributed by atoms with E-state index in [1.54, 1.807) is 18.4 Å². The van der Waals surface area contributed by atoms with Crippen LogP contribution in [0.3, 0.4) is 0 Å². The van der Waals surface area contributed by atoms with Crippen LogP contribution in [0.15, 0.2) is 40.7 Å². The third-order valence-electron chi connectivity index (χ3n) is 4.79. The molecule has 0 bridgehead atoms. The van der Waals surface area contributed by atoms with Gasteiger partial charge in [0.25, 0.3) is 0 Å². The fourth-order valence-corrected chi connectivity index (χ4v) is 4.00. The van der Waals surface area contributed by atoms with Crippen molar-refractivity contribution in [3.63, 3.8) is 0 Å². The number of benzene rings is 1. The zero-order valence-electron chi connectivity index (χ0n) is 17.6. The molecule has 0 spiro atoms. The predicted molar refractivity (Wildman–Crippen MR) is 132 cm³/mol. The Bertz CT molecular complexity index is 947. The molecule has 2 N–H and O–H groups in total. The second-order valence-electron chi connectivity index (χ2n) is 6.96. The van der Waals surface area contributed by atoms with Crippen LogP contribution >= 0.6 is 35.3 Å². The molecule has 2 aromatic heterocycles. The van der Waals surface area contributed by atoms with Gasteiger partial charge in [-0.1, -0.05) is 30.3 Å². The molecule has 3 rings (SSSR count). The average Bonchev–Trinajstić information content (AvgIpc) is 3.26. The molecule has 0 aliphatic rings. The first kappa shape index (κ1) is 23.3. The molecule has 1 aromatic carbocycles. The van der Waals surface area contributed by atoms with E-state index >= 15 is 0 Å². The number of aryl methyl sites for hydroxylation is 2. The van der Waals surface area contributed by atoms with Gasteiger partial charge in [0.1, 0.15) is 5.01 Å². The second-order valence-corrected chi connectivity index (χ2v) is 7.82. The number of hydrogen-bond acceptors (Lipinski definition) is 4. The molecule has 3 aromatic rings. The Morgan fingerprint density at radius 3 is 2.59 bits per heavy atom. The van der Waals surface area contributed by atoms with Crippen LogP contribution in [0.5, 0.6) is 0 Å². The van der Waals surface area contributed by atoms with Crippen LogP contribution in [0.2, 0.25) is 0 Å². The Labute approximate surface area is 193 Å². The lowest BCUT2D eigenvalue weighted by Gasteiger charge is -2.18. The molecule has 156 valence electrons. The average molecular weight is 524 g/mol. The molecule has 0 fully saturated rings. The van der Waals surface area contributed by atoms with Gasteiger partial charge in [0, 0.05) is 36.8 Å². The number of halogens is 1. The molecular formula is C21H29IN6S. The fraction of sp³-hybridized carbons (Fsp3) is 0.381. The van der Waals surface area contributed by atoms with Crippen molar-refractivity contribution >= 4 is 41.3 Å². The van der Waals surface area contributed by atoms with E-state index in [0.717, 1.165) is 34.3 Å². The predicted octanol–water partition coefficient (Wildman–Crippen LogP) is 4.07. The van der Waals surface area contributed by atoms with Gasteiger partial charge < -0.3 is 10.6 Å². The Morgan fingerprint density at radius 1 is 1.24 bits per heavy atom. The number of thiazole rings is 1. The molecule has 1 unspecified atom stereocenters. The van der Waals surface area contributed by atoms with Crippen LogP contribution in [-0.4, -0.2) is 33.8 Å². The summed E-state index contributed by atoms with van der Waals surface area (Å²) >= 11 is 1.66. The Morgan fingerprint density at radius 2 is 1.97 bits per heavy atom. The van der Waals surface area contributed by atoms with E-state index in [2.05, 4.69) is 59.0 Å². The van der Waals surface area contributed by atoms with Crippen LogP contribution in [0, 0.1) is 13.8 Å². The van der Waals surface area contributed by atoms with Gasteiger partial charge in [-0.25, -0.2) is 4.98 Å². The Kier molecular flexibility index (Phi) is 8.63. The number of nitrogens with zero attached hydrogens (tertiary/aromatic N) is 4. The van der Waals surface area contributed by atoms with Crippen molar-refractivity contribution in [3.05, 3.63) is 58.4 Å². The first-order valence-electron chi connectivity index (χ1n) is 9.44. The van der Waals surface area contributed by atoms with Gasteiger partial charge in [-0.15, -0.1) is 35.3 Å². The number of guanidine groups is 1. The molecule has 0 aliphatic carbocycles. The Hall–Kier alpha value is -1.94. The van der Waals surface area contributed by atoms with E-state index < -0.39 is 0 Å². The van der Waals surface area contributed by atoms with Gasteiger partial charge in [-0.3, -0.25) is 9.67 Å². The molecule has 0 amide bonds. The first-order chi connectivity index (χ1) is 13.5. The van der Waals surface area contributed by atoms with Crippen molar-refractivity contribution < 1.29 is 0 Å². The van der Waals surface area contributed by atoms with Crippen LogP contribution in [0.4, 0.5) is 0 Å². The summed E-state index contributed by atoms with van der Waals surface area (Å²) in [6.45, 7) is 6.98. The topological polar surface area (TPSA) is 67.1 Å². The molecule has 1 atom stereocenters. The summed E-state index contributed by atoms with van der Waals surface area (Å²) in [6.07, 6.45) is 0.904. The summed E-state index contributed by atoms with van der Waals surface area (Å²) in [5.41, 5.74) is 5.76. The smallest absolute Gasteiger partial charge is 0.191 e. The summed E-state index contributed by atoms with van der Waals surface area (Å²) in [4.78, 5) is 9.07. The SMILES string of the molecule is CN=C(NCc1csc(-c2ccccc2)n1)NC(C)Cc1c(C)nn(C)c1C.I. The van der Waals surface area contributed by atoms with Crippen molar-refractivity contribution in [2.24, 2.45) is 12.0 Å². The number of aliphatic imine (C=N–C) groups is 1. The molecular weight excluding hydrogens is 495 g/mol. The number of aromatic nitrogens is 3. The van der Waals surface area contributed by atoms with E-state index in [0.29, 0.717) is 6.54 Å². The van der Waals surface area contributed by atoms with Gasteiger partial charge >= 0.3 is 0 Å². The van der Waals surface area contributed by atoms with Crippen molar-refractivity contribution in [1.82, 2.24) is 25.4 Å². The minimum atomic E-state index is 0. The molecule has 0 saturated heterocycles. The van der Waals surface area contributed by atoms with Crippen LogP contribution in [0.1, 0.15) is 29.6 Å². The second kappa shape index (κ2) is 10.7. The van der Waals surface area contributed by atoms with Gasteiger partial charge in [-0.05, 0) is 32.8 Å². The van der Waals surface area contributed by atoms with Crippen molar-refractivity contribution in [1.29, 1.82) is 0 Å². The third kappa shape index (κ3) is 6.02. The number of rotatable bonds is 6. The molecule has 8 heteroatoms. The van der Waals surface area contributed by atoms with E-state index in [9.17, 15) is 0 Å². The lowest BCUT2D eigenvalue weighted by atomic mass is 10.1. The highest BCUT2D eigenvalue weighted by atomic mass is 127. The highest BCUT2D eigenvalue weighted by molar-refractivity contribution is 14.0. The largest absolute Gasteiger partial charge is 0.354 e. The summed E-state index contributed by atoms with van der Waals surface area (Å²) in [7, 11) is 3.78. The highest BCUT2D eigenvalue weighted by Gasteiger charge is 2.14. The lowest BCUT2D eigenvalue weighted by Crippen LogP contribution is -2.42. The van der Waals surface area contributed by atoms with Gasteiger partial charge in [-0.2, -0.15) is 5.10 Å². The fourth-order valence-electron chi connectivity index (χ4n) is 3.17. The maximum Gasteiger partial charge on any atom is 0.191 e. The maximum absolute atomic E-state index is 4.72. The van der Waals surface area contributed by atoms with E-state index in [4.69, 9.17) is 4.98 Å². The number of hydrogen-bond donors (Lipinski definition) is 2. The van der Waals surface area contributed by atoms with E-state index in [1.165, 1.54) is 11.3 Å². The van der Waals surface area contributed by atoms with Gasteiger partial charge in [0.15, 0.2) is 5.96 Å². The standard InChI is InChI=1S/C21H28N6S.HI/c1-14(11-19-15(2)26-27(5)16(19)3)24-21(22-4)23-12-18-13-28-20(25-18)17-9-7-6-8-10-17;/h6-10,13-14H,11-12H2,1-5H3,(H2,22,23,24);1H. The highest BCUT2D eigenvalue weighted by Crippen LogP contribution is 2.23. The van der Waals surface area contributed by atoms with Gasteiger partial charge in [0.05, 0.1) is 17.9 Å². The molecule has 6 nitrogen and oxygen atoms in total. The van der Waals surface area contributed by atoms with Crippen LogP contribution in [0.25, 0.3) is 10.6 Å². The normalized spacial score (nSPS) is 12.4. The quantitative estimate of drug-likeness (QED) is 0.290. The molecule has 0 aliphatic heterocycles. The van der Waals surface area contributed by atoms with E-state index in [1.807, 2.05) is 29.9 Å². The zero-order valence-corrected chi connectivity index (χ0v) is 20.7. The number of nitrogens with one attached hydrogen (secondary N) is 2. The monoisotopic (exact) mass is 524 g/mol. The minimum Gasteiger partial charge on any atom is -0.354 e. The summed E-state index contributed by atoms with van der Waals surface area (Å²) in [5.74, 6) is 0.779. The molecule has 29 heavy (non-hydrogen) atoms. The molecule has 0 radical (unpaired) electrons. The van der Waals surface area contributed by atoms with Crippen LogP contribution < -0.4 is 10.6 Å². The molecule has 0 saturated carbocycles. The summed E-state index contributed by atoms with van der Waals surface area (Å²) in [5, 5.41) is 14.5. The first-order valence-corrected chi connectivity index (χ1v) is 10.3. The molecule has 2 heterocycles. The summed E-state index contributed by atoms with van der Waals surface area (Å²) in [6, 6.07) is 10.5. The Balaban J connectivity index is 0.00000300. The van der Waals surface area contributed by atoms with Crippen molar-refractivity contribution in [3.8, 4) is 10.6 Å². The lowest BCUT2D eigenvalue weighted by molar-refractivity contribution is 0.634. The van der Waals surface area contributed by atoms with Gasteiger partial charge in [0.2, 0.25) is 0 Å². The zero-order chi connectivity index (χ0) is 20.1. The maximum atomic E-state index is 4.72. The van der Waals surface area contributed by atoms with Crippen molar-refractivity contribution in [2.45, 2.75) is 39.8 Å². The third-order valence-corrected chi connectivity index (χ3v) is 5.73.